The minimum atomic E-state index is -0.452. The van der Waals surface area contributed by atoms with Crippen molar-refractivity contribution in [1.82, 2.24) is 9.36 Å². The van der Waals surface area contributed by atoms with Crippen molar-refractivity contribution >= 4 is 39.7 Å². The van der Waals surface area contributed by atoms with Crippen LogP contribution in [0, 0.1) is 6.92 Å². The Labute approximate surface area is 118 Å². The van der Waals surface area contributed by atoms with E-state index in [0.717, 1.165) is 21.4 Å². The van der Waals surface area contributed by atoms with Gasteiger partial charge in [0.15, 0.2) is 5.82 Å². The standard InChI is InChI=1S/C11H14N4O2S2/c1-3-17-11(16)8-9(12)15-19-10(8)14-5-7-13-4-6(2)18-7/h4,14H,3,5H2,1-2H3,(H2,12,15). The molecule has 0 aromatic carbocycles. The van der Waals surface area contributed by atoms with Crippen molar-refractivity contribution < 1.29 is 9.53 Å². The molecular weight excluding hydrogens is 284 g/mol. The van der Waals surface area contributed by atoms with Crippen LogP contribution in [0.2, 0.25) is 0 Å². The van der Waals surface area contributed by atoms with Gasteiger partial charge in [0, 0.05) is 11.1 Å². The summed E-state index contributed by atoms with van der Waals surface area (Å²) in [5.74, 6) is -0.257. The molecule has 0 aliphatic rings. The zero-order chi connectivity index (χ0) is 13.8. The quantitative estimate of drug-likeness (QED) is 0.823. The van der Waals surface area contributed by atoms with Gasteiger partial charge < -0.3 is 15.8 Å². The van der Waals surface area contributed by atoms with Gasteiger partial charge in [0.05, 0.1) is 13.2 Å². The molecule has 0 saturated carbocycles. The Morgan fingerprint density at radius 3 is 3.00 bits per heavy atom. The first-order valence-electron chi connectivity index (χ1n) is 5.69. The molecule has 2 heterocycles. The SMILES string of the molecule is CCOC(=O)c1c(N)nsc1NCc1ncc(C)s1. The van der Waals surface area contributed by atoms with Crippen molar-refractivity contribution in [2.75, 3.05) is 17.7 Å². The number of carbonyl (C=O) groups excluding carboxylic acids is 1. The van der Waals surface area contributed by atoms with Crippen molar-refractivity contribution in [3.8, 4) is 0 Å². The second-order valence-corrected chi connectivity index (χ2v) is 5.80. The summed E-state index contributed by atoms with van der Waals surface area (Å²) in [5.41, 5.74) is 6.00. The van der Waals surface area contributed by atoms with Crippen LogP contribution in [0.5, 0.6) is 0 Å². The van der Waals surface area contributed by atoms with E-state index in [2.05, 4.69) is 14.7 Å². The fourth-order valence-electron chi connectivity index (χ4n) is 1.46. The number of anilines is 2. The number of nitrogens with two attached hydrogens (primary N) is 1. The third-order valence-corrected chi connectivity index (χ3v) is 4.00. The highest BCUT2D eigenvalue weighted by Gasteiger charge is 2.20. The van der Waals surface area contributed by atoms with E-state index in [4.69, 9.17) is 10.5 Å². The zero-order valence-corrected chi connectivity index (χ0v) is 12.2. The summed E-state index contributed by atoms with van der Waals surface area (Å²) in [7, 11) is 0. The normalized spacial score (nSPS) is 10.4. The largest absolute Gasteiger partial charge is 0.462 e. The first-order valence-corrected chi connectivity index (χ1v) is 7.28. The molecule has 0 atom stereocenters. The third kappa shape index (κ3) is 3.21. The molecule has 102 valence electrons. The van der Waals surface area contributed by atoms with Gasteiger partial charge in [-0.3, -0.25) is 0 Å². The van der Waals surface area contributed by atoms with E-state index < -0.39 is 5.97 Å². The number of hydrogen-bond acceptors (Lipinski definition) is 8. The van der Waals surface area contributed by atoms with Gasteiger partial charge in [-0.05, 0) is 25.4 Å². The van der Waals surface area contributed by atoms with Gasteiger partial charge in [-0.2, -0.15) is 4.37 Å². The maximum atomic E-state index is 11.8. The molecule has 2 rings (SSSR count). The number of rotatable bonds is 5. The number of nitrogens with zero attached hydrogens (tertiary/aromatic N) is 2. The van der Waals surface area contributed by atoms with E-state index in [-0.39, 0.29) is 5.82 Å². The molecule has 0 aliphatic heterocycles. The second kappa shape index (κ2) is 5.98. The highest BCUT2D eigenvalue weighted by Crippen LogP contribution is 2.28. The summed E-state index contributed by atoms with van der Waals surface area (Å²) in [6.45, 7) is 4.58. The van der Waals surface area contributed by atoms with E-state index in [1.165, 1.54) is 0 Å². The van der Waals surface area contributed by atoms with Gasteiger partial charge in [-0.25, -0.2) is 9.78 Å². The zero-order valence-electron chi connectivity index (χ0n) is 10.6. The molecule has 0 amide bonds. The fourth-order valence-corrected chi connectivity index (χ4v) is 2.89. The van der Waals surface area contributed by atoms with E-state index in [0.29, 0.717) is 23.7 Å². The van der Waals surface area contributed by atoms with Gasteiger partial charge in [-0.15, -0.1) is 11.3 Å². The van der Waals surface area contributed by atoms with Gasteiger partial charge in [0.2, 0.25) is 0 Å². The topological polar surface area (TPSA) is 90.1 Å². The molecule has 3 N–H and O–H groups in total. The van der Waals surface area contributed by atoms with Crippen molar-refractivity contribution in [2.24, 2.45) is 0 Å². The van der Waals surface area contributed by atoms with Gasteiger partial charge in [0.1, 0.15) is 15.6 Å². The van der Waals surface area contributed by atoms with Crippen molar-refractivity contribution in [2.45, 2.75) is 20.4 Å². The third-order valence-electron chi connectivity index (χ3n) is 2.27. The maximum Gasteiger partial charge on any atom is 0.344 e. The molecule has 0 fully saturated rings. The number of nitrogen functional groups attached to an aromatic ring is 1. The van der Waals surface area contributed by atoms with E-state index in [1.807, 2.05) is 13.1 Å². The minimum absolute atomic E-state index is 0.196. The van der Waals surface area contributed by atoms with E-state index in [1.54, 1.807) is 18.3 Å². The molecule has 0 aliphatic carbocycles. The Morgan fingerprint density at radius 1 is 1.58 bits per heavy atom. The van der Waals surface area contributed by atoms with Gasteiger partial charge >= 0.3 is 5.97 Å². The number of aromatic nitrogens is 2. The van der Waals surface area contributed by atoms with Gasteiger partial charge in [-0.1, -0.05) is 0 Å². The molecule has 0 radical (unpaired) electrons. The monoisotopic (exact) mass is 298 g/mol. The molecule has 2 aromatic heterocycles. The Kier molecular flexibility index (Phi) is 4.33. The Hall–Kier alpha value is -1.67. The van der Waals surface area contributed by atoms with Crippen LogP contribution in [0.25, 0.3) is 0 Å². The van der Waals surface area contributed by atoms with Crippen LogP contribution in [-0.2, 0) is 11.3 Å². The predicted molar refractivity (Wildman–Crippen MR) is 76.7 cm³/mol. The lowest BCUT2D eigenvalue weighted by Crippen LogP contribution is -2.09. The molecular formula is C11H14N4O2S2. The summed E-state index contributed by atoms with van der Waals surface area (Å²) < 4.78 is 8.94. The summed E-state index contributed by atoms with van der Waals surface area (Å²) in [4.78, 5) is 17.2. The maximum absolute atomic E-state index is 11.8. The van der Waals surface area contributed by atoms with Crippen LogP contribution < -0.4 is 11.1 Å². The molecule has 0 bridgehead atoms. The van der Waals surface area contributed by atoms with E-state index in [9.17, 15) is 4.79 Å². The number of ether oxygens (including phenoxy) is 1. The average molecular weight is 298 g/mol. The van der Waals surface area contributed by atoms with Crippen molar-refractivity contribution in [3.63, 3.8) is 0 Å². The summed E-state index contributed by atoms with van der Waals surface area (Å²) in [6, 6.07) is 0. The summed E-state index contributed by atoms with van der Waals surface area (Å²) in [5, 5.41) is 4.68. The first kappa shape index (κ1) is 13.8. The molecule has 2 aromatic rings. The Bertz CT molecular complexity index is 579. The number of carbonyl (C=O) groups is 1. The lowest BCUT2D eigenvalue weighted by molar-refractivity contribution is 0.0529. The smallest absolute Gasteiger partial charge is 0.344 e. The van der Waals surface area contributed by atoms with Crippen molar-refractivity contribution in [1.29, 1.82) is 0 Å². The molecule has 19 heavy (non-hydrogen) atoms. The summed E-state index contributed by atoms with van der Waals surface area (Å²) in [6.07, 6.45) is 1.81. The fraction of sp³-hybridized carbons (Fsp3) is 0.364. The van der Waals surface area contributed by atoms with E-state index >= 15 is 0 Å². The van der Waals surface area contributed by atoms with Crippen LogP contribution in [0.4, 0.5) is 10.8 Å². The molecule has 0 spiro atoms. The van der Waals surface area contributed by atoms with Gasteiger partial charge in [0.25, 0.3) is 0 Å². The number of hydrogen-bond donors (Lipinski definition) is 2. The second-order valence-electron chi connectivity index (χ2n) is 3.71. The van der Waals surface area contributed by atoms with Crippen LogP contribution in [0.15, 0.2) is 6.20 Å². The van der Waals surface area contributed by atoms with Crippen LogP contribution in [0.3, 0.4) is 0 Å². The highest BCUT2D eigenvalue weighted by atomic mass is 32.1. The van der Waals surface area contributed by atoms with Crippen molar-refractivity contribution in [3.05, 3.63) is 21.6 Å². The van der Waals surface area contributed by atoms with Crippen LogP contribution >= 0.6 is 22.9 Å². The number of thiazole rings is 1. The van der Waals surface area contributed by atoms with Crippen LogP contribution in [-0.4, -0.2) is 21.9 Å². The minimum Gasteiger partial charge on any atom is -0.462 e. The number of aryl methyl sites for hydroxylation is 1. The van der Waals surface area contributed by atoms with Crippen LogP contribution in [0.1, 0.15) is 27.2 Å². The Morgan fingerprint density at radius 2 is 2.37 bits per heavy atom. The molecule has 8 heteroatoms. The lowest BCUT2D eigenvalue weighted by atomic mass is 10.3. The lowest BCUT2D eigenvalue weighted by Gasteiger charge is -2.05. The highest BCUT2D eigenvalue weighted by molar-refractivity contribution is 7.12. The Balaban J connectivity index is 2.10. The average Bonchev–Trinajstić information content (AvgIpc) is 2.93. The first-order chi connectivity index (χ1) is 9.11. The molecule has 6 nitrogen and oxygen atoms in total. The molecule has 0 unspecified atom stereocenters. The number of esters is 1. The molecule has 0 saturated heterocycles. The predicted octanol–water partition coefficient (Wildman–Crippen LogP) is 2.28. The summed E-state index contributed by atoms with van der Waals surface area (Å²) >= 11 is 2.75. The number of nitrogens with one attached hydrogen (secondary N) is 1.